The zero-order valence-electron chi connectivity index (χ0n) is 39.1. The van der Waals surface area contributed by atoms with Crippen molar-refractivity contribution in [2.75, 3.05) is 13.2 Å². The van der Waals surface area contributed by atoms with E-state index in [0.717, 1.165) is 64.2 Å². The predicted molar refractivity (Wildman–Crippen MR) is 247 cm³/mol. The molecule has 0 bridgehead atoms. The van der Waals surface area contributed by atoms with E-state index in [0.29, 0.717) is 19.3 Å². The van der Waals surface area contributed by atoms with Crippen LogP contribution >= 0.6 is 0 Å². The van der Waals surface area contributed by atoms with Crippen molar-refractivity contribution in [2.45, 2.75) is 290 Å². The second-order valence-electron chi connectivity index (χ2n) is 17.4. The summed E-state index contributed by atoms with van der Waals surface area (Å²) in [7, 11) is 0. The summed E-state index contributed by atoms with van der Waals surface area (Å²) in [5.74, 6) is -0.862. The third-order valence-corrected chi connectivity index (χ3v) is 11.5. The summed E-state index contributed by atoms with van der Waals surface area (Å²) in [6.45, 7) is 6.64. The highest BCUT2D eigenvalue weighted by Crippen LogP contribution is 2.16. The van der Waals surface area contributed by atoms with Gasteiger partial charge in [0.15, 0.2) is 6.10 Å². The zero-order chi connectivity index (χ0) is 42.3. The molecular formula is C52H98O6. The van der Waals surface area contributed by atoms with Crippen molar-refractivity contribution in [1.29, 1.82) is 0 Å². The first-order chi connectivity index (χ1) is 28.5. The van der Waals surface area contributed by atoms with Gasteiger partial charge in [0, 0.05) is 19.3 Å². The molecule has 0 spiro atoms. The Labute approximate surface area is 360 Å². The molecule has 0 amide bonds. The maximum Gasteiger partial charge on any atom is 0.306 e. The predicted octanol–water partition coefficient (Wildman–Crippen LogP) is 16.6. The topological polar surface area (TPSA) is 78.9 Å². The zero-order valence-corrected chi connectivity index (χ0v) is 39.1. The standard InChI is InChI=1S/C52H98O6/c1-4-7-10-13-16-19-22-24-25-26-28-30-33-36-39-42-45-51(54)57-48-49(47-56-50(53)44-41-38-35-32-29-21-18-15-12-9-6-3)58-52(55)46-43-40-37-34-31-27-23-20-17-14-11-8-5-2/h20,23,49H,4-19,21-22,24-48H2,1-3H3/b23-20-. The lowest BCUT2D eigenvalue weighted by Gasteiger charge is -2.18. The minimum Gasteiger partial charge on any atom is -0.462 e. The Morgan fingerprint density at radius 1 is 0.328 bits per heavy atom. The van der Waals surface area contributed by atoms with Crippen LogP contribution in [0.2, 0.25) is 0 Å². The molecule has 58 heavy (non-hydrogen) atoms. The van der Waals surface area contributed by atoms with E-state index in [1.165, 1.54) is 180 Å². The van der Waals surface area contributed by atoms with Gasteiger partial charge in [0.25, 0.3) is 0 Å². The van der Waals surface area contributed by atoms with Crippen LogP contribution in [0.4, 0.5) is 0 Å². The Balaban J connectivity index is 4.31. The summed E-state index contributed by atoms with van der Waals surface area (Å²) in [6, 6.07) is 0. The number of allylic oxidation sites excluding steroid dienone is 2. The van der Waals surface area contributed by atoms with Crippen LogP contribution in [0.3, 0.4) is 0 Å². The molecule has 0 fully saturated rings. The molecule has 0 aliphatic rings. The van der Waals surface area contributed by atoms with Crippen LogP contribution in [0, 0.1) is 0 Å². The third kappa shape index (κ3) is 45.2. The molecule has 1 atom stereocenters. The van der Waals surface area contributed by atoms with E-state index in [-0.39, 0.29) is 31.1 Å². The smallest absolute Gasteiger partial charge is 0.306 e. The first-order valence-electron chi connectivity index (χ1n) is 25.7. The van der Waals surface area contributed by atoms with Crippen molar-refractivity contribution in [1.82, 2.24) is 0 Å². The molecule has 6 nitrogen and oxygen atoms in total. The minimum atomic E-state index is -0.766. The maximum atomic E-state index is 12.8. The van der Waals surface area contributed by atoms with Gasteiger partial charge in [0.05, 0.1) is 0 Å². The van der Waals surface area contributed by atoms with Gasteiger partial charge in [-0.15, -0.1) is 0 Å². The Hall–Kier alpha value is -1.85. The molecule has 0 saturated heterocycles. The maximum absolute atomic E-state index is 12.8. The molecule has 0 heterocycles. The van der Waals surface area contributed by atoms with Gasteiger partial charge < -0.3 is 14.2 Å². The first kappa shape index (κ1) is 56.1. The summed E-state index contributed by atoms with van der Waals surface area (Å²) in [5.41, 5.74) is 0. The van der Waals surface area contributed by atoms with Crippen LogP contribution in [-0.2, 0) is 28.6 Å². The fourth-order valence-electron chi connectivity index (χ4n) is 7.61. The number of unbranched alkanes of at least 4 members (excludes halogenated alkanes) is 34. The molecule has 0 saturated carbocycles. The number of hydrogen-bond donors (Lipinski definition) is 0. The SMILES string of the molecule is CCCCCC/C=C\CCCCCCCC(=O)OC(COC(=O)CCCCCCCCCCCCC)COC(=O)CCCCCCCCCCCCCCCCCC. The Morgan fingerprint density at radius 2 is 0.569 bits per heavy atom. The molecule has 0 radical (unpaired) electrons. The Morgan fingerprint density at radius 3 is 0.879 bits per heavy atom. The highest BCUT2D eigenvalue weighted by atomic mass is 16.6. The van der Waals surface area contributed by atoms with Crippen LogP contribution in [0.15, 0.2) is 12.2 Å². The van der Waals surface area contributed by atoms with Crippen LogP contribution in [0.25, 0.3) is 0 Å². The van der Waals surface area contributed by atoms with Crippen molar-refractivity contribution in [2.24, 2.45) is 0 Å². The monoisotopic (exact) mass is 819 g/mol. The van der Waals surface area contributed by atoms with E-state index in [1.807, 2.05) is 0 Å². The van der Waals surface area contributed by atoms with Gasteiger partial charge in [-0.2, -0.15) is 0 Å². The van der Waals surface area contributed by atoms with Crippen molar-refractivity contribution < 1.29 is 28.6 Å². The highest BCUT2D eigenvalue weighted by Gasteiger charge is 2.19. The molecular weight excluding hydrogens is 721 g/mol. The van der Waals surface area contributed by atoms with Gasteiger partial charge >= 0.3 is 17.9 Å². The second kappa shape index (κ2) is 47.8. The molecule has 0 aromatic heterocycles. The summed E-state index contributed by atoms with van der Waals surface area (Å²) >= 11 is 0. The lowest BCUT2D eigenvalue weighted by atomic mass is 10.0. The summed E-state index contributed by atoms with van der Waals surface area (Å²) in [6.07, 6.45) is 51.9. The van der Waals surface area contributed by atoms with E-state index < -0.39 is 6.10 Å². The van der Waals surface area contributed by atoms with E-state index in [2.05, 4.69) is 32.9 Å². The van der Waals surface area contributed by atoms with Gasteiger partial charge in [-0.3, -0.25) is 14.4 Å². The number of rotatable bonds is 47. The number of esters is 3. The van der Waals surface area contributed by atoms with Gasteiger partial charge in [-0.1, -0.05) is 232 Å². The van der Waals surface area contributed by atoms with E-state index in [1.54, 1.807) is 0 Å². The molecule has 0 aromatic rings. The number of ether oxygens (including phenoxy) is 3. The largest absolute Gasteiger partial charge is 0.462 e. The van der Waals surface area contributed by atoms with Crippen molar-refractivity contribution in [3.63, 3.8) is 0 Å². The second-order valence-corrected chi connectivity index (χ2v) is 17.4. The van der Waals surface area contributed by atoms with Crippen LogP contribution in [0.5, 0.6) is 0 Å². The van der Waals surface area contributed by atoms with Crippen molar-refractivity contribution >= 4 is 17.9 Å². The number of carbonyl (C=O) groups is 3. The van der Waals surface area contributed by atoms with Crippen LogP contribution in [-0.4, -0.2) is 37.2 Å². The fraction of sp³-hybridized carbons (Fsp3) is 0.904. The molecule has 0 N–H and O–H groups in total. The third-order valence-electron chi connectivity index (χ3n) is 11.5. The normalized spacial score (nSPS) is 12.0. The molecule has 1 unspecified atom stereocenters. The van der Waals surface area contributed by atoms with E-state index in [9.17, 15) is 14.4 Å². The van der Waals surface area contributed by atoms with E-state index in [4.69, 9.17) is 14.2 Å². The summed E-state index contributed by atoms with van der Waals surface area (Å²) < 4.78 is 16.8. The molecule has 6 heteroatoms. The quantitative estimate of drug-likeness (QED) is 0.0263. The number of carbonyl (C=O) groups excluding carboxylic acids is 3. The summed E-state index contributed by atoms with van der Waals surface area (Å²) in [5, 5.41) is 0. The van der Waals surface area contributed by atoms with E-state index >= 15 is 0 Å². The Bertz CT molecular complexity index is 900. The lowest BCUT2D eigenvalue weighted by Crippen LogP contribution is -2.30. The van der Waals surface area contributed by atoms with Crippen LogP contribution < -0.4 is 0 Å². The molecule has 342 valence electrons. The van der Waals surface area contributed by atoms with Crippen LogP contribution in [0.1, 0.15) is 284 Å². The van der Waals surface area contributed by atoms with Gasteiger partial charge in [-0.05, 0) is 44.9 Å². The Kier molecular flexibility index (Phi) is 46.3. The van der Waals surface area contributed by atoms with Gasteiger partial charge in [-0.25, -0.2) is 0 Å². The van der Waals surface area contributed by atoms with Gasteiger partial charge in [0.2, 0.25) is 0 Å². The molecule has 0 aliphatic carbocycles. The highest BCUT2D eigenvalue weighted by molar-refractivity contribution is 5.71. The average Bonchev–Trinajstić information content (AvgIpc) is 3.22. The molecule has 0 rings (SSSR count). The summed E-state index contributed by atoms with van der Waals surface area (Å²) in [4.78, 5) is 37.9. The lowest BCUT2D eigenvalue weighted by molar-refractivity contribution is -0.167. The number of hydrogen-bond acceptors (Lipinski definition) is 6. The minimum absolute atomic E-state index is 0.0682. The average molecular weight is 819 g/mol. The molecule has 0 aromatic carbocycles. The molecule has 0 aliphatic heterocycles. The van der Waals surface area contributed by atoms with Crippen molar-refractivity contribution in [3.05, 3.63) is 12.2 Å². The first-order valence-corrected chi connectivity index (χ1v) is 25.7. The van der Waals surface area contributed by atoms with Gasteiger partial charge in [0.1, 0.15) is 13.2 Å². The van der Waals surface area contributed by atoms with Crippen molar-refractivity contribution in [3.8, 4) is 0 Å². The fourth-order valence-corrected chi connectivity index (χ4v) is 7.61.